The van der Waals surface area contributed by atoms with Crippen molar-refractivity contribution in [2.24, 2.45) is 5.92 Å². The number of carbonyl (C=O) groups is 1. The molecule has 0 radical (unpaired) electrons. The predicted octanol–water partition coefficient (Wildman–Crippen LogP) is 3.83. The summed E-state index contributed by atoms with van der Waals surface area (Å²) in [7, 11) is 0. The molecule has 0 saturated carbocycles. The van der Waals surface area contributed by atoms with Crippen LogP contribution in [0, 0.1) is 18.7 Å². The lowest BCUT2D eigenvalue weighted by Crippen LogP contribution is -2.20. The van der Waals surface area contributed by atoms with Crippen LogP contribution < -0.4 is 5.32 Å². The van der Waals surface area contributed by atoms with E-state index in [4.69, 9.17) is 0 Å². The summed E-state index contributed by atoms with van der Waals surface area (Å²) in [6.07, 6.45) is 3.82. The number of aryl methyl sites for hydroxylation is 1. The van der Waals surface area contributed by atoms with Crippen molar-refractivity contribution in [1.82, 2.24) is 4.98 Å². The van der Waals surface area contributed by atoms with E-state index in [9.17, 15) is 9.18 Å². The van der Waals surface area contributed by atoms with Gasteiger partial charge < -0.3 is 5.32 Å². The number of rotatable bonds is 4. The highest BCUT2D eigenvalue weighted by Gasteiger charge is 2.14. The predicted molar refractivity (Wildman–Crippen MR) is 79.0 cm³/mol. The average molecular weight is 272 g/mol. The third kappa shape index (κ3) is 2.69. The summed E-state index contributed by atoms with van der Waals surface area (Å²) in [4.78, 5) is 16.1. The molecule has 3 nitrogen and oxygen atoms in total. The molecular weight excluding hydrogens is 255 g/mol. The smallest absolute Gasteiger partial charge is 0.227 e. The third-order valence-corrected chi connectivity index (χ3v) is 3.34. The number of anilines is 1. The Bertz CT molecular complexity index is 667. The Morgan fingerprint density at radius 1 is 1.55 bits per heavy atom. The molecule has 104 valence electrons. The number of benzene rings is 1. The fourth-order valence-corrected chi connectivity index (χ4v) is 2.06. The van der Waals surface area contributed by atoms with E-state index in [1.165, 1.54) is 12.3 Å². The summed E-state index contributed by atoms with van der Waals surface area (Å²) >= 11 is 0. The summed E-state index contributed by atoms with van der Waals surface area (Å²) in [5, 5.41) is 3.54. The summed E-state index contributed by atoms with van der Waals surface area (Å²) in [5.41, 5.74) is 1.75. The minimum absolute atomic E-state index is 0.0921. The molecule has 0 fully saturated rings. The lowest BCUT2D eigenvalue weighted by Gasteiger charge is -2.13. The van der Waals surface area contributed by atoms with E-state index < -0.39 is 0 Å². The summed E-state index contributed by atoms with van der Waals surface area (Å²) in [5.74, 6) is -0.607. The molecule has 1 aromatic carbocycles. The molecule has 1 unspecified atom stereocenters. The van der Waals surface area contributed by atoms with Crippen LogP contribution >= 0.6 is 0 Å². The van der Waals surface area contributed by atoms with Gasteiger partial charge in [-0.15, -0.1) is 6.58 Å². The Balaban J connectivity index is 2.34. The van der Waals surface area contributed by atoms with Gasteiger partial charge in [0.2, 0.25) is 5.91 Å². The summed E-state index contributed by atoms with van der Waals surface area (Å²) in [6, 6.07) is 4.81. The topological polar surface area (TPSA) is 42.0 Å². The van der Waals surface area contributed by atoms with E-state index in [0.29, 0.717) is 23.0 Å². The molecule has 1 N–H and O–H groups in total. The van der Waals surface area contributed by atoms with Gasteiger partial charge in [-0.3, -0.25) is 9.78 Å². The van der Waals surface area contributed by atoms with Gasteiger partial charge in [-0.2, -0.15) is 0 Å². The molecular formula is C16H17FN2O. The van der Waals surface area contributed by atoms with Crippen LogP contribution in [0.4, 0.5) is 10.1 Å². The first-order valence-electron chi connectivity index (χ1n) is 6.50. The van der Waals surface area contributed by atoms with Gasteiger partial charge in [0.15, 0.2) is 0 Å². The fourth-order valence-electron chi connectivity index (χ4n) is 2.06. The Morgan fingerprint density at radius 3 is 3.00 bits per heavy atom. The number of allylic oxidation sites excluding steroid dienone is 1. The lowest BCUT2D eigenvalue weighted by molar-refractivity contribution is -0.119. The van der Waals surface area contributed by atoms with Gasteiger partial charge in [0.1, 0.15) is 11.3 Å². The zero-order valence-corrected chi connectivity index (χ0v) is 11.6. The zero-order chi connectivity index (χ0) is 14.7. The molecule has 1 aromatic heterocycles. The molecule has 1 atom stereocenters. The van der Waals surface area contributed by atoms with Crippen LogP contribution in [0.15, 0.2) is 37.1 Å². The van der Waals surface area contributed by atoms with E-state index in [2.05, 4.69) is 16.9 Å². The van der Waals surface area contributed by atoms with Gasteiger partial charge in [0, 0.05) is 11.3 Å². The molecule has 0 saturated heterocycles. The number of nitrogens with one attached hydrogen (secondary N) is 1. The molecule has 0 spiro atoms. The number of hydrogen-bond acceptors (Lipinski definition) is 2. The highest BCUT2D eigenvalue weighted by atomic mass is 19.1. The maximum atomic E-state index is 13.6. The average Bonchev–Trinajstić information content (AvgIpc) is 2.43. The second kappa shape index (κ2) is 5.82. The molecule has 20 heavy (non-hydrogen) atoms. The SMILES string of the molecule is C=CCC(C)C(=O)Nc1cnc2c(F)cccc2c1C. The number of nitrogens with zero attached hydrogens (tertiary/aromatic N) is 1. The number of aromatic nitrogens is 1. The van der Waals surface area contributed by atoms with Crippen molar-refractivity contribution in [1.29, 1.82) is 0 Å². The van der Waals surface area contributed by atoms with Crippen LogP contribution in [0.5, 0.6) is 0 Å². The standard InChI is InChI=1S/C16H17FN2O/c1-4-6-10(2)16(20)19-14-9-18-15-12(11(14)3)7-5-8-13(15)17/h4-5,7-10H,1,6H2,2-3H3,(H,19,20). The Hall–Kier alpha value is -2.23. The van der Waals surface area contributed by atoms with Crippen molar-refractivity contribution in [3.63, 3.8) is 0 Å². The maximum absolute atomic E-state index is 13.6. The molecule has 4 heteroatoms. The quantitative estimate of drug-likeness (QED) is 0.859. The number of para-hydroxylation sites is 1. The zero-order valence-electron chi connectivity index (χ0n) is 11.6. The lowest BCUT2D eigenvalue weighted by atomic mass is 10.1. The van der Waals surface area contributed by atoms with Crippen molar-refractivity contribution in [2.75, 3.05) is 5.32 Å². The molecule has 1 heterocycles. The fraction of sp³-hybridized carbons (Fsp3) is 0.250. The van der Waals surface area contributed by atoms with Crippen LogP contribution in [0.3, 0.4) is 0 Å². The Morgan fingerprint density at radius 2 is 2.30 bits per heavy atom. The second-order valence-electron chi connectivity index (χ2n) is 4.85. The van der Waals surface area contributed by atoms with Crippen LogP contribution in [-0.2, 0) is 4.79 Å². The van der Waals surface area contributed by atoms with E-state index >= 15 is 0 Å². The van der Waals surface area contributed by atoms with Crippen molar-refractivity contribution < 1.29 is 9.18 Å². The number of halogens is 1. The number of fused-ring (bicyclic) bond motifs is 1. The Kier molecular flexibility index (Phi) is 4.13. The number of carbonyl (C=O) groups excluding carboxylic acids is 1. The number of pyridine rings is 1. The summed E-state index contributed by atoms with van der Waals surface area (Å²) in [6.45, 7) is 7.30. The van der Waals surface area contributed by atoms with Gasteiger partial charge in [-0.1, -0.05) is 25.1 Å². The molecule has 0 aliphatic rings. The molecule has 0 aliphatic heterocycles. The van der Waals surface area contributed by atoms with E-state index in [0.717, 1.165) is 5.56 Å². The number of amides is 1. The monoisotopic (exact) mass is 272 g/mol. The highest BCUT2D eigenvalue weighted by Crippen LogP contribution is 2.25. The Labute approximate surface area is 117 Å². The highest BCUT2D eigenvalue weighted by molar-refractivity contribution is 5.96. The van der Waals surface area contributed by atoms with Gasteiger partial charge in [-0.25, -0.2) is 4.39 Å². The van der Waals surface area contributed by atoms with Gasteiger partial charge in [0.25, 0.3) is 0 Å². The van der Waals surface area contributed by atoms with Crippen molar-refractivity contribution in [3.8, 4) is 0 Å². The molecule has 2 aromatic rings. The number of hydrogen-bond donors (Lipinski definition) is 1. The first kappa shape index (κ1) is 14.2. The van der Waals surface area contributed by atoms with Crippen molar-refractivity contribution in [3.05, 3.63) is 48.4 Å². The van der Waals surface area contributed by atoms with E-state index in [1.54, 1.807) is 18.2 Å². The minimum Gasteiger partial charge on any atom is -0.324 e. The minimum atomic E-state index is -0.358. The first-order valence-corrected chi connectivity index (χ1v) is 6.50. The van der Waals surface area contributed by atoms with Crippen LogP contribution in [0.1, 0.15) is 18.9 Å². The van der Waals surface area contributed by atoms with Crippen molar-refractivity contribution in [2.45, 2.75) is 20.3 Å². The van der Waals surface area contributed by atoms with E-state index in [1.807, 2.05) is 13.8 Å². The maximum Gasteiger partial charge on any atom is 0.227 e. The second-order valence-corrected chi connectivity index (χ2v) is 4.85. The van der Waals surface area contributed by atoms with Crippen LogP contribution in [0.25, 0.3) is 10.9 Å². The first-order chi connectivity index (χ1) is 9.54. The summed E-state index contributed by atoms with van der Waals surface area (Å²) < 4.78 is 13.6. The van der Waals surface area contributed by atoms with Gasteiger partial charge in [0.05, 0.1) is 11.9 Å². The van der Waals surface area contributed by atoms with Crippen LogP contribution in [0.2, 0.25) is 0 Å². The van der Waals surface area contributed by atoms with Crippen molar-refractivity contribution >= 4 is 22.5 Å². The molecule has 2 rings (SSSR count). The largest absolute Gasteiger partial charge is 0.324 e. The third-order valence-electron chi connectivity index (χ3n) is 3.34. The van der Waals surface area contributed by atoms with Crippen LogP contribution in [-0.4, -0.2) is 10.9 Å². The molecule has 0 bridgehead atoms. The van der Waals surface area contributed by atoms with Gasteiger partial charge >= 0.3 is 0 Å². The van der Waals surface area contributed by atoms with Gasteiger partial charge in [-0.05, 0) is 25.0 Å². The normalized spacial score (nSPS) is 12.2. The molecule has 1 amide bonds. The van der Waals surface area contributed by atoms with E-state index in [-0.39, 0.29) is 17.6 Å². The molecule has 0 aliphatic carbocycles.